The lowest BCUT2D eigenvalue weighted by Gasteiger charge is -2.30. The lowest BCUT2D eigenvalue weighted by molar-refractivity contribution is 0.190. The van der Waals surface area contributed by atoms with Gasteiger partial charge in [-0.3, -0.25) is 9.88 Å². The third-order valence-corrected chi connectivity index (χ3v) is 5.19. The average molecular weight is 413 g/mol. The molecular formula is C19H21ClN8O. The van der Waals surface area contributed by atoms with Crippen molar-refractivity contribution in [3.8, 4) is 17.3 Å². The first-order valence-electron chi connectivity index (χ1n) is 9.24. The van der Waals surface area contributed by atoms with Crippen molar-refractivity contribution in [2.24, 2.45) is 0 Å². The molecule has 1 N–H and O–H groups in total. The number of piperazine rings is 1. The molecule has 1 aliphatic heterocycles. The number of nitrogens with zero attached hydrogens (tertiary/aromatic N) is 7. The maximum absolute atomic E-state index is 5.52. The lowest BCUT2D eigenvalue weighted by atomic mass is 10.2. The van der Waals surface area contributed by atoms with Crippen molar-refractivity contribution in [3.63, 3.8) is 0 Å². The fourth-order valence-corrected chi connectivity index (χ4v) is 3.58. The number of halogens is 1. The number of para-hydroxylation sites is 1. The van der Waals surface area contributed by atoms with E-state index in [2.05, 4.69) is 42.7 Å². The molecule has 3 aromatic heterocycles. The van der Waals surface area contributed by atoms with Crippen LogP contribution in [0.25, 0.3) is 28.2 Å². The number of benzene rings is 1. The zero-order chi connectivity index (χ0) is 19.1. The number of nitrogens with one attached hydrogen (secondary N) is 1. The summed E-state index contributed by atoms with van der Waals surface area (Å²) in [6.07, 6.45) is 1.78. The van der Waals surface area contributed by atoms with E-state index in [1.54, 1.807) is 10.9 Å². The van der Waals surface area contributed by atoms with Crippen molar-refractivity contribution in [3.05, 3.63) is 48.0 Å². The van der Waals surface area contributed by atoms with Gasteiger partial charge in [-0.15, -0.1) is 17.5 Å². The van der Waals surface area contributed by atoms with Gasteiger partial charge in [0.15, 0.2) is 11.5 Å². The largest absolute Gasteiger partial charge is 0.332 e. The van der Waals surface area contributed by atoms with Crippen molar-refractivity contribution in [2.45, 2.75) is 13.0 Å². The Hall–Kier alpha value is -2.88. The van der Waals surface area contributed by atoms with Crippen LogP contribution in [0.4, 0.5) is 0 Å². The van der Waals surface area contributed by atoms with Gasteiger partial charge in [0.2, 0.25) is 0 Å². The first-order valence-corrected chi connectivity index (χ1v) is 9.24. The van der Waals surface area contributed by atoms with Crippen LogP contribution < -0.4 is 5.32 Å². The number of hydrogen-bond acceptors (Lipinski definition) is 8. The molecule has 0 saturated carbocycles. The predicted octanol–water partition coefficient (Wildman–Crippen LogP) is 2.17. The predicted molar refractivity (Wildman–Crippen MR) is 110 cm³/mol. The van der Waals surface area contributed by atoms with Gasteiger partial charge < -0.3 is 9.84 Å². The second kappa shape index (κ2) is 7.86. The summed E-state index contributed by atoms with van der Waals surface area (Å²) in [5.74, 6) is 1.04. The third kappa shape index (κ3) is 3.37. The Morgan fingerprint density at radius 1 is 1.21 bits per heavy atom. The Morgan fingerprint density at radius 2 is 2.07 bits per heavy atom. The first kappa shape index (κ1) is 19.4. The van der Waals surface area contributed by atoms with Gasteiger partial charge in [0.1, 0.15) is 0 Å². The molecule has 1 aliphatic rings. The smallest absolute Gasteiger partial charge is 0.280 e. The van der Waals surface area contributed by atoms with Crippen LogP contribution in [0, 0.1) is 6.92 Å². The molecule has 1 unspecified atom stereocenters. The van der Waals surface area contributed by atoms with Crippen LogP contribution in [0.2, 0.25) is 0 Å². The average Bonchev–Trinajstić information content (AvgIpc) is 3.35. The van der Waals surface area contributed by atoms with Gasteiger partial charge in [-0.1, -0.05) is 28.6 Å². The van der Waals surface area contributed by atoms with E-state index in [4.69, 9.17) is 4.52 Å². The number of likely N-dealkylation sites (N-methyl/N-ethyl adjacent to an activating group) is 1. The minimum absolute atomic E-state index is 0. The summed E-state index contributed by atoms with van der Waals surface area (Å²) in [7, 11) is 2.07. The Bertz CT molecular complexity index is 1130. The van der Waals surface area contributed by atoms with Gasteiger partial charge in [-0.2, -0.15) is 4.98 Å². The van der Waals surface area contributed by atoms with E-state index in [0.29, 0.717) is 17.4 Å². The van der Waals surface area contributed by atoms with Gasteiger partial charge in [0, 0.05) is 31.2 Å². The van der Waals surface area contributed by atoms with Crippen LogP contribution in [-0.4, -0.2) is 61.7 Å². The fourth-order valence-electron chi connectivity index (χ4n) is 3.58. The van der Waals surface area contributed by atoms with Gasteiger partial charge in [-0.05, 0) is 26.1 Å². The minimum Gasteiger partial charge on any atom is -0.332 e. The molecular weight excluding hydrogens is 392 g/mol. The highest BCUT2D eigenvalue weighted by atomic mass is 35.5. The molecule has 1 atom stereocenters. The zero-order valence-corrected chi connectivity index (χ0v) is 16.9. The molecule has 10 heteroatoms. The number of fused-ring (bicyclic) bond motifs is 1. The highest BCUT2D eigenvalue weighted by Gasteiger charge is 2.27. The van der Waals surface area contributed by atoms with Crippen molar-refractivity contribution in [1.29, 1.82) is 0 Å². The topological polar surface area (TPSA) is 97.8 Å². The van der Waals surface area contributed by atoms with Crippen LogP contribution in [0.15, 0.2) is 41.1 Å². The van der Waals surface area contributed by atoms with Crippen molar-refractivity contribution in [1.82, 2.24) is 40.3 Å². The van der Waals surface area contributed by atoms with E-state index in [9.17, 15) is 0 Å². The summed E-state index contributed by atoms with van der Waals surface area (Å²) >= 11 is 0. The van der Waals surface area contributed by atoms with Crippen molar-refractivity contribution < 1.29 is 4.52 Å². The molecule has 0 spiro atoms. The number of hydrogen-bond donors (Lipinski definition) is 1. The van der Waals surface area contributed by atoms with E-state index in [-0.39, 0.29) is 18.4 Å². The second-order valence-corrected chi connectivity index (χ2v) is 6.95. The van der Waals surface area contributed by atoms with Crippen molar-refractivity contribution >= 4 is 23.3 Å². The maximum atomic E-state index is 5.52. The van der Waals surface area contributed by atoms with Gasteiger partial charge in [-0.25, -0.2) is 4.68 Å². The Balaban J connectivity index is 0.00000205. The molecule has 5 rings (SSSR count). The van der Waals surface area contributed by atoms with E-state index in [1.165, 1.54) is 0 Å². The van der Waals surface area contributed by atoms with E-state index in [0.717, 1.165) is 41.9 Å². The molecule has 0 aliphatic carbocycles. The Morgan fingerprint density at radius 3 is 2.93 bits per heavy atom. The van der Waals surface area contributed by atoms with E-state index in [1.807, 2.05) is 37.3 Å². The van der Waals surface area contributed by atoms with Gasteiger partial charge in [0.25, 0.3) is 5.89 Å². The standard InChI is InChI=1S/C19H20N8O.ClH/c1-12-16(19-22-18(24-28-19)15-11-20-9-10-26(15)2)23-25-27(12)14-7-3-5-13-6-4-8-21-17(13)14;/h3-8,15,20H,9-11H2,1-2H3;1H. The zero-order valence-electron chi connectivity index (χ0n) is 16.1. The Kier molecular flexibility index (Phi) is 5.27. The van der Waals surface area contributed by atoms with Gasteiger partial charge in [0.05, 0.1) is 22.9 Å². The molecule has 0 bridgehead atoms. The molecule has 29 heavy (non-hydrogen) atoms. The number of rotatable bonds is 3. The highest BCUT2D eigenvalue weighted by molar-refractivity contribution is 5.86. The van der Waals surface area contributed by atoms with Crippen LogP contribution >= 0.6 is 12.4 Å². The quantitative estimate of drug-likeness (QED) is 0.546. The third-order valence-electron chi connectivity index (χ3n) is 5.19. The fraction of sp³-hybridized carbons (Fsp3) is 0.316. The van der Waals surface area contributed by atoms with Crippen LogP contribution in [0.3, 0.4) is 0 Å². The summed E-state index contributed by atoms with van der Waals surface area (Å²) in [6, 6.07) is 10.0. The summed E-state index contributed by atoms with van der Waals surface area (Å²) in [6.45, 7) is 4.64. The van der Waals surface area contributed by atoms with Crippen LogP contribution in [0.1, 0.15) is 17.6 Å². The minimum atomic E-state index is 0. The summed E-state index contributed by atoms with van der Waals surface area (Å²) in [4.78, 5) is 11.3. The van der Waals surface area contributed by atoms with E-state index < -0.39 is 0 Å². The molecule has 0 amide bonds. The first-order chi connectivity index (χ1) is 13.7. The lowest BCUT2D eigenvalue weighted by Crippen LogP contribution is -2.44. The van der Waals surface area contributed by atoms with Crippen LogP contribution in [0.5, 0.6) is 0 Å². The van der Waals surface area contributed by atoms with Gasteiger partial charge >= 0.3 is 0 Å². The molecule has 0 radical (unpaired) electrons. The second-order valence-electron chi connectivity index (χ2n) is 6.95. The Labute approximate surface area is 173 Å². The molecule has 9 nitrogen and oxygen atoms in total. The highest BCUT2D eigenvalue weighted by Crippen LogP contribution is 2.26. The normalized spacial score (nSPS) is 17.4. The summed E-state index contributed by atoms with van der Waals surface area (Å²) in [5, 5.41) is 17.2. The SMILES string of the molecule is Cc1c(-c2nc(C3CNCCN3C)no2)nnn1-c1cccc2cccnc12.Cl. The molecule has 1 aromatic carbocycles. The van der Waals surface area contributed by atoms with Crippen LogP contribution in [-0.2, 0) is 0 Å². The summed E-state index contributed by atoms with van der Waals surface area (Å²) in [5.41, 5.74) is 3.14. The monoisotopic (exact) mass is 412 g/mol. The molecule has 4 aromatic rings. The van der Waals surface area contributed by atoms with Crippen molar-refractivity contribution in [2.75, 3.05) is 26.7 Å². The number of pyridine rings is 1. The molecule has 4 heterocycles. The molecule has 1 fully saturated rings. The molecule has 1 saturated heterocycles. The molecule has 150 valence electrons. The maximum Gasteiger partial charge on any atom is 0.280 e. The summed E-state index contributed by atoms with van der Waals surface area (Å²) < 4.78 is 7.29. The van der Waals surface area contributed by atoms with E-state index >= 15 is 0 Å². The number of aromatic nitrogens is 6.